The summed E-state index contributed by atoms with van der Waals surface area (Å²) < 4.78 is 15.8. The van der Waals surface area contributed by atoms with E-state index in [0.717, 1.165) is 0 Å². The summed E-state index contributed by atoms with van der Waals surface area (Å²) in [5.74, 6) is -0.354. The number of rotatable bonds is 6. The van der Waals surface area contributed by atoms with Gasteiger partial charge in [0.15, 0.2) is 0 Å². The zero-order valence-corrected chi connectivity index (χ0v) is 14.7. The van der Waals surface area contributed by atoms with Gasteiger partial charge in [-0.05, 0) is 26.0 Å². The molecule has 0 spiro atoms. The summed E-state index contributed by atoms with van der Waals surface area (Å²) in [6, 6.07) is 2.05. The van der Waals surface area contributed by atoms with E-state index >= 15 is 0 Å². The van der Waals surface area contributed by atoms with E-state index in [0.29, 0.717) is 11.5 Å². The first kappa shape index (κ1) is 18.6. The van der Waals surface area contributed by atoms with Gasteiger partial charge >= 0.3 is 18.0 Å². The van der Waals surface area contributed by atoms with Gasteiger partial charge in [-0.1, -0.05) is 13.8 Å². The second kappa shape index (κ2) is 7.87. The third-order valence-corrected chi connectivity index (χ3v) is 3.52. The Hall–Kier alpha value is -2.77. The molecule has 8 nitrogen and oxygen atoms in total. The zero-order chi connectivity index (χ0) is 18.6. The molecule has 0 saturated carbocycles. The summed E-state index contributed by atoms with van der Waals surface area (Å²) in [5, 5.41) is 5.15. The van der Waals surface area contributed by atoms with E-state index in [9.17, 15) is 14.4 Å². The van der Waals surface area contributed by atoms with Crippen molar-refractivity contribution in [1.29, 1.82) is 0 Å². The molecule has 2 N–H and O–H groups in total. The zero-order valence-electron chi connectivity index (χ0n) is 14.7. The molecule has 1 aliphatic rings. The minimum Gasteiger partial charge on any atom is -0.464 e. The number of hydrogen-bond donors (Lipinski definition) is 2. The van der Waals surface area contributed by atoms with Crippen molar-refractivity contribution < 1.29 is 28.3 Å². The van der Waals surface area contributed by atoms with Gasteiger partial charge in [0, 0.05) is 0 Å². The highest BCUT2D eigenvalue weighted by atomic mass is 16.5. The van der Waals surface area contributed by atoms with Crippen LogP contribution in [0.3, 0.4) is 0 Å². The molecule has 1 aromatic rings. The lowest BCUT2D eigenvalue weighted by Crippen LogP contribution is -2.47. The van der Waals surface area contributed by atoms with Crippen molar-refractivity contribution in [1.82, 2.24) is 10.6 Å². The first-order valence-electron chi connectivity index (χ1n) is 8.04. The first-order chi connectivity index (χ1) is 11.8. The van der Waals surface area contributed by atoms with Crippen molar-refractivity contribution >= 4 is 18.0 Å². The van der Waals surface area contributed by atoms with Gasteiger partial charge in [0.25, 0.3) is 0 Å². The van der Waals surface area contributed by atoms with Crippen LogP contribution in [0.2, 0.25) is 0 Å². The minimum atomic E-state index is -0.825. The van der Waals surface area contributed by atoms with E-state index in [2.05, 4.69) is 10.6 Å². The smallest absolute Gasteiger partial charge is 0.338 e. The van der Waals surface area contributed by atoms with Gasteiger partial charge < -0.3 is 24.5 Å². The number of carbonyl (C=O) groups is 3. The Morgan fingerprint density at radius 3 is 2.56 bits per heavy atom. The van der Waals surface area contributed by atoms with E-state index in [1.165, 1.54) is 0 Å². The standard InChI is InChI=1S/C17H22N2O6/c1-5-23-16(21)13-11(8-24-15(20)9(2)3)18-17(22)19-14(13)12-7-6-10(4)25-12/h6-7,9,14H,5,8H2,1-4H3,(H2,18,19,22)/t14-/m1/s1. The van der Waals surface area contributed by atoms with Crippen LogP contribution < -0.4 is 10.6 Å². The third kappa shape index (κ3) is 4.40. The van der Waals surface area contributed by atoms with Crippen LogP contribution in [0.15, 0.2) is 27.8 Å². The fourth-order valence-corrected chi connectivity index (χ4v) is 2.31. The number of furan rings is 1. The molecular formula is C17H22N2O6. The summed E-state index contributed by atoms with van der Waals surface area (Å²) in [6.07, 6.45) is 0. The van der Waals surface area contributed by atoms with Crippen molar-refractivity contribution in [2.24, 2.45) is 5.92 Å². The molecule has 0 aromatic carbocycles. The number of esters is 2. The Morgan fingerprint density at radius 2 is 2.00 bits per heavy atom. The van der Waals surface area contributed by atoms with Gasteiger partial charge in [-0.3, -0.25) is 4.79 Å². The van der Waals surface area contributed by atoms with Crippen LogP contribution in [-0.2, 0) is 19.1 Å². The molecule has 136 valence electrons. The Bertz CT molecular complexity index is 704. The molecule has 2 rings (SSSR count). The molecule has 2 heterocycles. The van der Waals surface area contributed by atoms with Crippen molar-refractivity contribution in [3.63, 3.8) is 0 Å². The Balaban J connectivity index is 2.39. The van der Waals surface area contributed by atoms with Crippen LogP contribution in [0.25, 0.3) is 0 Å². The second-order valence-corrected chi connectivity index (χ2v) is 5.85. The molecule has 0 saturated heterocycles. The van der Waals surface area contributed by atoms with Crippen LogP contribution in [0, 0.1) is 12.8 Å². The number of nitrogens with one attached hydrogen (secondary N) is 2. The average Bonchev–Trinajstić information content (AvgIpc) is 2.98. The lowest BCUT2D eigenvalue weighted by atomic mass is 10.0. The fourth-order valence-electron chi connectivity index (χ4n) is 2.31. The maximum Gasteiger partial charge on any atom is 0.338 e. The maximum absolute atomic E-state index is 12.4. The van der Waals surface area contributed by atoms with Crippen molar-refractivity contribution in [3.05, 3.63) is 34.9 Å². The molecule has 0 fully saturated rings. The van der Waals surface area contributed by atoms with Gasteiger partial charge in [0.2, 0.25) is 0 Å². The van der Waals surface area contributed by atoms with Crippen LogP contribution in [0.4, 0.5) is 4.79 Å². The Labute approximate surface area is 145 Å². The van der Waals surface area contributed by atoms with E-state index in [1.807, 2.05) is 0 Å². The lowest BCUT2D eigenvalue weighted by molar-refractivity contribution is -0.147. The molecular weight excluding hydrogens is 328 g/mol. The Kier molecular flexibility index (Phi) is 5.84. The fraction of sp³-hybridized carbons (Fsp3) is 0.471. The summed E-state index contributed by atoms with van der Waals surface area (Å²) in [6.45, 7) is 6.74. The highest BCUT2D eigenvalue weighted by Crippen LogP contribution is 2.29. The van der Waals surface area contributed by atoms with Crippen molar-refractivity contribution in [2.45, 2.75) is 33.7 Å². The SMILES string of the molecule is CCOC(=O)C1=C(COC(=O)C(C)C)NC(=O)N[C@@H]1c1ccc(C)o1. The van der Waals surface area contributed by atoms with Crippen molar-refractivity contribution in [3.8, 4) is 0 Å². The Morgan fingerprint density at radius 1 is 1.28 bits per heavy atom. The van der Waals surface area contributed by atoms with Gasteiger partial charge in [0.1, 0.15) is 24.2 Å². The summed E-state index contributed by atoms with van der Waals surface area (Å²) in [7, 11) is 0. The monoisotopic (exact) mass is 350 g/mol. The van der Waals surface area contributed by atoms with Crippen molar-refractivity contribution in [2.75, 3.05) is 13.2 Å². The third-order valence-electron chi connectivity index (χ3n) is 3.52. The van der Waals surface area contributed by atoms with E-state index < -0.39 is 24.0 Å². The van der Waals surface area contributed by atoms with Gasteiger partial charge in [-0.25, -0.2) is 9.59 Å². The average molecular weight is 350 g/mol. The molecule has 0 unspecified atom stereocenters. The second-order valence-electron chi connectivity index (χ2n) is 5.85. The molecule has 1 atom stereocenters. The molecule has 1 aromatic heterocycles. The molecule has 1 aliphatic heterocycles. The number of ether oxygens (including phenoxy) is 2. The molecule has 25 heavy (non-hydrogen) atoms. The van der Waals surface area contributed by atoms with Gasteiger partial charge in [-0.15, -0.1) is 0 Å². The van der Waals surface area contributed by atoms with Crippen LogP contribution in [-0.4, -0.2) is 31.2 Å². The highest BCUT2D eigenvalue weighted by molar-refractivity contribution is 5.95. The number of carbonyl (C=O) groups excluding carboxylic acids is 3. The molecule has 8 heteroatoms. The molecule has 2 amide bonds. The van der Waals surface area contributed by atoms with Crippen LogP contribution in [0.1, 0.15) is 38.3 Å². The quantitative estimate of drug-likeness (QED) is 0.760. The number of amides is 2. The summed E-state index contributed by atoms with van der Waals surface area (Å²) in [5.41, 5.74) is 0.322. The van der Waals surface area contributed by atoms with E-state index in [4.69, 9.17) is 13.9 Å². The molecule has 0 aliphatic carbocycles. The van der Waals surface area contributed by atoms with E-state index in [1.54, 1.807) is 39.8 Å². The van der Waals surface area contributed by atoms with Crippen LogP contribution >= 0.6 is 0 Å². The normalized spacial score (nSPS) is 17.2. The largest absolute Gasteiger partial charge is 0.464 e. The lowest BCUT2D eigenvalue weighted by Gasteiger charge is -2.27. The first-order valence-corrected chi connectivity index (χ1v) is 8.04. The summed E-state index contributed by atoms with van der Waals surface area (Å²) in [4.78, 5) is 36.1. The van der Waals surface area contributed by atoms with Gasteiger partial charge in [-0.2, -0.15) is 0 Å². The van der Waals surface area contributed by atoms with Gasteiger partial charge in [0.05, 0.1) is 23.8 Å². The van der Waals surface area contributed by atoms with Crippen LogP contribution in [0.5, 0.6) is 0 Å². The molecule has 0 bridgehead atoms. The predicted molar refractivity (Wildman–Crippen MR) is 87.3 cm³/mol. The molecule has 0 radical (unpaired) electrons. The number of hydrogen-bond acceptors (Lipinski definition) is 6. The predicted octanol–water partition coefficient (Wildman–Crippen LogP) is 1.96. The number of aryl methyl sites for hydroxylation is 1. The number of urea groups is 1. The maximum atomic E-state index is 12.4. The highest BCUT2D eigenvalue weighted by Gasteiger charge is 2.36. The topological polar surface area (TPSA) is 107 Å². The van der Waals surface area contributed by atoms with E-state index in [-0.39, 0.29) is 30.4 Å². The summed E-state index contributed by atoms with van der Waals surface area (Å²) >= 11 is 0. The minimum absolute atomic E-state index is 0.146.